The van der Waals surface area contributed by atoms with Crippen molar-refractivity contribution in [2.75, 3.05) is 24.8 Å². The molecule has 0 aliphatic carbocycles. The number of carbonyl (C=O) groups is 1. The monoisotopic (exact) mass is 550 g/mol. The zero-order valence-electron chi connectivity index (χ0n) is 18.1. The van der Waals surface area contributed by atoms with Gasteiger partial charge in [0, 0.05) is 18.0 Å². The zero-order chi connectivity index (χ0) is 23.6. The summed E-state index contributed by atoms with van der Waals surface area (Å²) in [5, 5.41) is 12.8. The maximum atomic E-state index is 12.4. The fourth-order valence-electron chi connectivity index (χ4n) is 2.99. The van der Waals surface area contributed by atoms with Gasteiger partial charge in [-0.2, -0.15) is 0 Å². The molecule has 3 rings (SSSR count). The Balaban J connectivity index is 1.54. The minimum Gasteiger partial charge on any atom is -0.495 e. The molecule has 0 aliphatic heterocycles. The summed E-state index contributed by atoms with van der Waals surface area (Å²) in [6.45, 7) is 4.90. The lowest BCUT2D eigenvalue weighted by atomic mass is 10.3. The largest absolute Gasteiger partial charge is 0.495 e. The summed E-state index contributed by atoms with van der Waals surface area (Å²) in [6, 6.07) is 12.7. The van der Waals surface area contributed by atoms with Gasteiger partial charge in [-0.15, -0.1) is 16.8 Å². The molecule has 174 valence electrons. The predicted octanol–water partition coefficient (Wildman–Crippen LogP) is 5.63. The highest BCUT2D eigenvalue weighted by Gasteiger charge is 2.14. The third-order valence-corrected chi connectivity index (χ3v) is 6.34. The summed E-state index contributed by atoms with van der Waals surface area (Å²) >= 11 is 10.7. The molecule has 0 spiro atoms. The van der Waals surface area contributed by atoms with Crippen molar-refractivity contribution in [2.45, 2.75) is 24.5 Å². The Labute approximate surface area is 210 Å². The molecule has 0 unspecified atom stereocenters. The molecule has 3 aromatic rings. The average Bonchev–Trinajstić information content (AvgIpc) is 3.18. The number of rotatable bonds is 12. The number of para-hydroxylation sites is 2. The summed E-state index contributed by atoms with van der Waals surface area (Å²) in [5.41, 5.74) is 0.631. The van der Waals surface area contributed by atoms with Crippen molar-refractivity contribution >= 4 is 50.9 Å². The van der Waals surface area contributed by atoms with E-state index in [1.807, 2.05) is 22.8 Å². The minimum atomic E-state index is -0.152. The number of hydrogen-bond acceptors (Lipinski definition) is 6. The number of amides is 1. The Morgan fingerprint density at radius 3 is 2.85 bits per heavy atom. The number of anilines is 1. The first-order chi connectivity index (χ1) is 16.0. The number of methoxy groups -OCH3 is 1. The van der Waals surface area contributed by atoms with E-state index in [1.54, 1.807) is 37.5 Å². The van der Waals surface area contributed by atoms with Crippen LogP contribution in [-0.2, 0) is 17.8 Å². The van der Waals surface area contributed by atoms with Crippen LogP contribution in [0.5, 0.6) is 11.5 Å². The van der Waals surface area contributed by atoms with Crippen molar-refractivity contribution in [3.05, 3.63) is 70.4 Å². The first kappa shape index (κ1) is 25.1. The smallest absolute Gasteiger partial charge is 0.234 e. The highest BCUT2D eigenvalue weighted by molar-refractivity contribution is 9.10. The van der Waals surface area contributed by atoms with Crippen molar-refractivity contribution in [1.29, 1.82) is 0 Å². The number of carbonyl (C=O) groups excluding carboxylic acids is 1. The van der Waals surface area contributed by atoms with Gasteiger partial charge in [0.2, 0.25) is 5.91 Å². The van der Waals surface area contributed by atoms with Crippen LogP contribution in [0.25, 0.3) is 0 Å². The second-order valence-corrected chi connectivity index (χ2v) is 9.10. The normalized spacial score (nSPS) is 10.6. The second-order valence-electron chi connectivity index (χ2n) is 6.86. The van der Waals surface area contributed by atoms with Gasteiger partial charge in [-0.05, 0) is 52.7 Å². The van der Waals surface area contributed by atoms with Crippen LogP contribution in [0.4, 0.5) is 5.69 Å². The summed E-state index contributed by atoms with van der Waals surface area (Å²) in [7, 11) is 1.57. The minimum absolute atomic E-state index is 0.152. The molecule has 0 radical (unpaired) electrons. The fourth-order valence-corrected chi connectivity index (χ4v) is 4.56. The Bertz CT molecular complexity index is 1110. The number of aromatic nitrogens is 3. The van der Waals surface area contributed by atoms with E-state index in [0.717, 1.165) is 22.5 Å². The van der Waals surface area contributed by atoms with Gasteiger partial charge in [0.25, 0.3) is 0 Å². The number of hydrogen-bond donors (Lipinski definition) is 1. The molecule has 7 nitrogen and oxygen atoms in total. The molecule has 0 atom stereocenters. The molecule has 0 fully saturated rings. The first-order valence-electron chi connectivity index (χ1n) is 10.2. The fraction of sp³-hybridized carbons (Fsp3) is 0.261. The van der Waals surface area contributed by atoms with E-state index in [-0.39, 0.29) is 11.7 Å². The molecule has 1 N–H and O–H groups in total. The number of ether oxygens (including phenoxy) is 2. The van der Waals surface area contributed by atoms with Gasteiger partial charge in [-0.1, -0.05) is 41.6 Å². The van der Waals surface area contributed by atoms with E-state index in [2.05, 4.69) is 38.0 Å². The highest BCUT2D eigenvalue weighted by atomic mass is 79.9. The van der Waals surface area contributed by atoms with E-state index in [0.29, 0.717) is 41.2 Å². The van der Waals surface area contributed by atoms with E-state index >= 15 is 0 Å². The van der Waals surface area contributed by atoms with Crippen LogP contribution in [0, 0.1) is 0 Å². The molecular weight excluding hydrogens is 528 g/mol. The summed E-state index contributed by atoms with van der Waals surface area (Å²) < 4.78 is 13.9. The van der Waals surface area contributed by atoms with Crippen molar-refractivity contribution in [2.24, 2.45) is 0 Å². The molecule has 0 saturated heterocycles. The van der Waals surface area contributed by atoms with Gasteiger partial charge in [0.15, 0.2) is 5.16 Å². The van der Waals surface area contributed by atoms with Gasteiger partial charge in [0.1, 0.15) is 17.3 Å². The van der Waals surface area contributed by atoms with Crippen LogP contribution in [0.1, 0.15) is 12.2 Å². The molecule has 1 aromatic heterocycles. The number of nitrogens with one attached hydrogen (secondary N) is 1. The Hall–Kier alpha value is -2.49. The number of thioether (sulfide) groups is 1. The van der Waals surface area contributed by atoms with Gasteiger partial charge in [0.05, 0.1) is 29.6 Å². The van der Waals surface area contributed by atoms with Crippen LogP contribution in [-0.4, -0.2) is 40.1 Å². The Kier molecular flexibility index (Phi) is 9.65. The van der Waals surface area contributed by atoms with E-state index in [9.17, 15) is 4.79 Å². The van der Waals surface area contributed by atoms with E-state index in [1.165, 1.54) is 11.8 Å². The molecule has 0 aliphatic rings. The van der Waals surface area contributed by atoms with Crippen LogP contribution in [0.15, 0.2) is 64.7 Å². The number of nitrogens with zero attached hydrogens (tertiary/aromatic N) is 3. The molecule has 1 heterocycles. The lowest BCUT2D eigenvalue weighted by Gasteiger charge is -2.11. The SMILES string of the molecule is C=CCn1c(CCCOc2ccc(Cl)cc2Br)nnc1SCC(=O)Nc1ccccc1OC. The van der Waals surface area contributed by atoms with Crippen LogP contribution < -0.4 is 14.8 Å². The highest BCUT2D eigenvalue weighted by Crippen LogP contribution is 2.28. The van der Waals surface area contributed by atoms with Crippen LogP contribution >= 0.6 is 39.3 Å². The van der Waals surface area contributed by atoms with Crippen molar-refractivity contribution in [1.82, 2.24) is 14.8 Å². The average molecular weight is 552 g/mol. The first-order valence-corrected chi connectivity index (χ1v) is 12.3. The molecule has 0 bridgehead atoms. The quantitative estimate of drug-likeness (QED) is 0.179. The number of halogens is 2. The third kappa shape index (κ3) is 7.25. The van der Waals surface area contributed by atoms with Gasteiger partial charge in [-0.25, -0.2) is 0 Å². The van der Waals surface area contributed by atoms with Gasteiger partial charge >= 0.3 is 0 Å². The van der Waals surface area contributed by atoms with Crippen molar-refractivity contribution in [3.8, 4) is 11.5 Å². The maximum Gasteiger partial charge on any atom is 0.234 e. The number of allylic oxidation sites excluding steroid dienone is 1. The molecule has 2 aromatic carbocycles. The maximum absolute atomic E-state index is 12.4. The summed E-state index contributed by atoms with van der Waals surface area (Å²) in [6.07, 6.45) is 3.22. The molecule has 1 amide bonds. The van der Waals surface area contributed by atoms with Crippen molar-refractivity contribution in [3.63, 3.8) is 0 Å². The van der Waals surface area contributed by atoms with Crippen LogP contribution in [0.3, 0.4) is 0 Å². The third-order valence-electron chi connectivity index (χ3n) is 4.51. The number of aryl methyl sites for hydroxylation is 1. The van der Waals surface area contributed by atoms with Crippen molar-refractivity contribution < 1.29 is 14.3 Å². The summed E-state index contributed by atoms with van der Waals surface area (Å²) in [4.78, 5) is 12.4. The standard InChI is InChI=1S/C23H24BrClN4O3S/c1-3-12-29-21(9-6-13-32-19-11-10-16(25)14-17(19)24)27-28-23(29)33-15-22(30)26-18-7-4-5-8-20(18)31-2/h3-5,7-8,10-11,14H,1,6,9,12-13,15H2,2H3,(H,26,30). The number of benzene rings is 2. The Morgan fingerprint density at radius 1 is 1.27 bits per heavy atom. The van der Waals surface area contributed by atoms with E-state index in [4.69, 9.17) is 21.1 Å². The summed E-state index contributed by atoms with van der Waals surface area (Å²) in [5.74, 6) is 2.22. The lowest BCUT2D eigenvalue weighted by Crippen LogP contribution is -2.15. The van der Waals surface area contributed by atoms with Crippen LogP contribution in [0.2, 0.25) is 5.02 Å². The van der Waals surface area contributed by atoms with E-state index < -0.39 is 0 Å². The topological polar surface area (TPSA) is 78.3 Å². The molecular formula is C23H24BrClN4O3S. The molecule has 10 heteroatoms. The van der Waals surface area contributed by atoms with Gasteiger partial charge < -0.3 is 19.4 Å². The second kappa shape index (κ2) is 12.7. The predicted molar refractivity (Wildman–Crippen MR) is 136 cm³/mol. The van der Waals surface area contributed by atoms with Gasteiger partial charge in [-0.3, -0.25) is 4.79 Å². The zero-order valence-corrected chi connectivity index (χ0v) is 21.3. The Morgan fingerprint density at radius 2 is 2.09 bits per heavy atom. The molecule has 33 heavy (non-hydrogen) atoms. The lowest BCUT2D eigenvalue weighted by molar-refractivity contribution is -0.113. The molecule has 0 saturated carbocycles.